The maximum absolute atomic E-state index is 13.4. The summed E-state index contributed by atoms with van der Waals surface area (Å²) < 4.78 is 44.8. The highest BCUT2D eigenvalue weighted by atomic mass is 19.2. The first-order valence-corrected chi connectivity index (χ1v) is 6.20. The van der Waals surface area contributed by atoms with E-state index in [2.05, 4.69) is 5.32 Å². The quantitative estimate of drug-likeness (QED) is 0.833. The van der Waals surface area contributed by atoms with Gasteiger partial charge in [0.25, 0.3) is 0 Å². The normalized spacial score (nSPS) is 10.4. The SMILES string of the molecule is CCOc1ccc(CNc2cc(F)cc(F)c2F)cc1. The van der Waals surface area contributed by atoms with Gasteiger partial charge in [0.15, 0.2) is 11.6 Å². The lowest BCUT2D eigenvalue weighted by molar-refractivity contribution is 0.340. The zero-order valence-corrected chi connectivity index (χ0v) is 10.9. The Balaban J connectivity index is 2.05. The lowest BCUT2D eigenvalue weighted by Gasteiger charge is -2.09. The van der Waals surface area contributed by atoms with Crippen LogP contribution in [-0.2, 0) is 6.54 Å². The summed E-state index contributed by atoms with van der Waals surface area (Å²) in [5.74, 6) is -2.38. The second-order valence-corrected chi connectivity index (χ2v) is 4.18. The van der Waals surface area contributed by atoms with Gasteiger partial charge in [-0.15, -0.1) is 0 Å². The fraction of sp³-hybridized carbons (Fsp3) is 0.200. The van der Waals surface area contributed by atoms with E-state index in [4.69, 9.17) is 4.74 Å². The molecule has 0 heterocycles. The van der Waals surface area contributed by atoms with Gasteiger partial charge in [0.05, 0.1) is 12.3 Å². The number of nitrogens with one attached hydrogen (secondary N) is 1. The molecule has 106 valence electrons. The van der Waals surface area contributed by atoms with Crippen molar-refractivity contribution in [2.24, 2.45) is 0 Å². The van der Waals surface area contributed by atoms with Crippen LogP contribution in [0.3, 0.4) is 0 Å². The Hall–Kier alpha value is -2.17. The Bertz CT molecular complexity index is 584. The van der Waals surface area contributed by atoms with Crippen molar-refractivity contribution in [1.82, 2.24) is 0 Å². The van der Waals surface area contributed by atoms with Gasteiger partial charge in [0, 0.05) is 18.7 Å². The molecule has 2 aromatic rings. The van der Waals surface area contributed by atoms with E-state index in [0.29, 0.717) is 12.7 Å². The average molecular weight is 281 g/mol. The molecule has 2 nitrogen and oxygen atoms in total. The molecule has 0 spiro atoms. The Morgan fingerprint density at radius 3 is 2.40 bits per heavy atom. The first kappa shape index (κ1) is 14.2. The van der Waals surface area contributed by atoms with Crippen LogP contribution in [0.25, 0.3) is 0 Å². The summed E-state index contributed by atoms with van der Waals surface area (Å²) in [5.41, 5.74) is 0.647. The third kappa shape index (κ3) is 3.44. The second-order valence-electron chi connectivity index (χ2n) is 4.18. The van der Waals surface area contributed by atoms with Crippen molar-refractivity contribution in [3.63, 3.8) is 0 Å². The highest BCUT2D eigenvalue weighted by Crippen LogP contribution is 2.20. The standard InChI is InChI=1S/C15H14F3NO/c1-2-20-12-5-3-10(4-6-12)9-19-14-8-11(16)7-13(17)15(14)18/h3-8,19H,2,9H2,1H3. The van der Waals surface area contributed by atoms with Gasteiger partial charge in [-0.2, -0.15) is 0 Å². The Labute approximate surface area is 115 Å². The number of hydrogen-bond acceptors (Lipinski definition) is 2. The number of rotatable bonds is 5. The molecular formula is C15H14F3NO. The van der Waals surface area contributed by atoms with Crippen LogP contribution in [0.15, 0.2) is 36.4 Å². The number of halogens is 3. The van der Waals surface area contributed by atoms with E-state index in [9.17, 15) is 13.2 Å². The van der Waals surface area contributed by atoms with Crippen LogP contribution >= 0.6 is 0 Å². The van der Waals surface area contributed by atoms with Crippen molar-refractivity contribution in [2.75, 3.05) is 11.9 Å². The predicted octanol–water partition coefficient (Wildman–Crippen LogP) is 4.11. The van der Waals surface area contributed by atoms with Crippen LogP contribution in [0.1, 0.15) is 12.5 Å². The molecule has 5 heteroatoms. The molecule has 0 saturated carbocycles. The highest BCUT2D eigenvalue weighted by molar-refractivity contribution is 5.46. The minimum Gasteiger partial charge on any atom is -0.494 e. The second kappa shape index (κ2) is 6.32. The van der Waals surface area contributed by atoms with E-state index in [1.54, 1.807) is 24.3 Å². The van der Waals surface area contributed by atoms with E-state index in [0.717, 1.165) is 17.4 Å². The summed E-state index contributed by atoms with van der Waals surface area (Å²) in [6, 6.07) is 8.59. The minimum atomic E-state index is -1.21. The molecule has 0 unspecified atom stereocenters. The van der Waals surface area contributed by atoms with E-state index in [1.165, 1.54) is 0 Å². The molecule has 20 heavy (non-hydrogen) atoms. The van der Waals surface area contributed by atoms with Gasteiger partial charge < -0.3 is 10.1 Å². The van der Waals surface area contributed by atoms with Crippen LogP contribution in [-0.4, -0.2) is 6.61 Å². The largest absolute Gasteiger partial charge is 0.494 e. The molecule has 0 bridgehead atoms. The van der Waals surface area contributed by atoms with Gasteiger partial charge in [-0.25, -0.2) is 13.2 Å². The van der Waals surface area contributed by atoms with Crippen molar-refractivity contribution in [3.05, 3.63) is 59.4 Å². The monoisotopic (exact) mass is 281 g/mol. The molecular weight excluding hydrogens is 267 g/mol. The lowest BCUT2D eigenvalue weighted by Crippen LogP contribution is -2.03. The molecule has 0 amide bonds. The van der Waals surface area contributed by atoms with Crippen molar-refractivity contribution in [1.29, 1.82) is 0 Å². The van der Waals surface area contributed by atoms with Crippen LogP contribution in [0.4, 0.5) is 18.9 Å². The van der Waals surface area contributed by atoms with Crippen molar-refractivity contribution in [3.8, 4) is 5.75 Å². The van der Waals surface area contributed by atoms with E-state index in [1.807, 2.05) is 6.92 Å². The number of anilines is 1. The summed E-state index contributed by atoms with van der Waals surface area (Å²) in [6.07, 6.45) is 0. The van der Waals surface area contributed by atoms with Gasteiger partial charge in [-0.3, -0.25) is 0 Å². The first-order chi connectivity index (χ1) is 9.60. The molecule has 1 N–H and O–H groups in total. The third-order valence-electron chi connectivity index (χ3n) is 2.71. The molecule has 0 aliphatic carbocycles. The fourth-order valence-electron chi connectivity index (χ4n) is 1.75. The maximum Gasteiger partial charge on any atom is 0.182 e. The molecule has 0 radical (unpaired) electrons. The number of ether oxygens (including phenoxy) is 1. The smallest absolute Gasteiger partial charge is 0.182 e. The van der Waals surface area contributed by atoms with Gasteiger partial charge in [0.2, 0.25) is 0 Å². The first-order valence-electron chi connectivity index (χ1n) is 6.20. The Morgan fingerprint density at radius 2 is 1.75 bits per heavy atom. The zero-order valence-electron chi connectivity index (χ0n) is 10.9. The fourth-order valence-corrected chi connectivity index (χ4v) is 1.75. The topological polar surface area (TPSA) is 21.3 Å². The van der Waals surface area contributed by atoms with Crippen LogP contribution < -0.4 is 10.1 Å². The predicted molar refractivity (Wildman–Crippen MR) is 71.3 cm³/mol. The van der Waals surface area contributed by atoms with Crippen LogP contribution in [0.2, 0.25) is 0 Å². The minimum absolute atomic E-state index is 0.198. The van der Waals surface area contributed by atoms with E-state index < -0.39 is 17.5 Å². The summed E-state index contributed by atoms with van der Waals surface area (Å²) in [6.45, 7) is 2.72. The summed E-state index contributed by atoms with van der Waals surface area (Å²) in [5, 5.41) is 2.67. The van der Waals surface area contributed by atoms with E-state index >= 15 is 0 Å². The average Bonchev–Trinajstić information content (AvgIpc) is 2.43. The Kier molecular flexibility index (Phi) is 4.50. The van der Waals surface area contributed by atoms with Crippen molar-refractivity contribution < 1.29 is 17.9 Å². The summed E-state index contributed by atoms with van der Waals surface area (Å²) in [4.78, 5) is 0. The molecule has 2 rings (SSSR count). The van der Waals surface area contributed by atoms with Gasteiger partial charge >= 0.3 is 0 Å². The lowest BCUT2D eigenvalue weighted by atomic mass is 10.2. The van der Waals surface area contributed by atoms with Gasteiger partial charge in [-0.05, 0) is 24.6 Å². The molecule has 0 aliphatic rings. The molecule has 0 fully saturated rings. The molecule has 0 aromatic heterocycles. The van der Waals surface area contributed by atoms with Crippen molar-refractivity contribution >= 4 is 5.69 Å². The molecule has 0 saturated heterocycles. The van der Waals surface area contributed by atoms with Gasteiger partial charge in [-0.1, -0.05) is 12.1 Å². The number of hydrogen-bond donors (Lipinski definition) is 1. The summed E-state index contributed by atoms with van der Waals surface area (Å²) in [7, 11) is 0. The molecule has 0 atom stereocenters. The van der Waals surface area contributed by atoms with Crippen LogP contribution in [0, 0.1) is 17.5 Å². The number of benzene rings is 2. The summed E-state index contributed by atoms with van der Waals surface area (Å²) >= 11 is 0. The highest BCUT2D eigenvalue weighted by Gasteiger charge is 2.10. The van der Waals surface area contributed by atoms with E-state index in [-0.39, 0.29) is 12.2 Å². The molecule has 2 aromatic carbocycles. The Morgan fingerprint density at radius 1 is 1.05 bits per heavy atom. The van der Waals surface area contributed by atoms with Gasteiger partial charge in [0.1, 0.15) is 11.6 Å². The van der Waals surface area contributed by atoms with Crippen LogP contribution in [0.5, 0.6) is 5.75 Å². The van der Waals surface area contributed by atoms with Crippen molar-refractivity contribution in [2.45, 2.75) is 13.5 Å². The maximum atomic E-state index is 13.4. The zero-order chi connectivity index (χ0) is 14.5. The molecule has 0 aliphatic heterocycles. The third-order valence-corrected chi connectivity index (χ3v) is 2.71.